The third-order valence-electron chi connectivity index (χ3n) is 3.20. The molecular formula is C14H16O3. The van der Waals surface area contributed by atoms with Crippen molar-refractivity contribution in [2.45, 2.75) is 31.8 Å². The average molecular weight is 232 g/mol. The highest BCUT2D eigenvalue weighted by Gasteiger charge is 2.42. The number of fused-ring (bicyclic) bond motifs is 3. The molecule has 1 aliphatic carbocycles. The summed E-state index contributed by atoms with van der Waals surface area (Å²) in [6.45, 7) is 3.89. The summed E-state index contributed by atoms with van der Waals surface area (Å²) in [5.74, 6) is 0.329. The van der Waals surface area contributed by atoms with E-state index in [-0.39, 0.29) is 12.2 Å². The van der Waals surface area contributed by atoms with Gasteiger partial charge in [-0.3, -0.25) is 0 Å². The number of rotatable bonds is 1. The van der Waals surface area contributed by atoms with Gasteiger partial charge >= 0.3 is 0 Å². The fourth-order valence-corrected chi connectivity index (χ4v) is 2.45. The molecule has 1 heterocycles. The Labute approximate surface area is 101 Å². The maximum absolute atomic E-state index is 5.95. The Kier molecular flexibility index (Phi) is 2.28. The van der Waals surface area contributed by atoms with E-state index in [2.05, 4.69) is 18.2 Å². The highest BCUT2D eigenvalue weighted by atomic mass is 16.7. The second-order valence-electron chi connectivity index (χ2n) is 4.87. The zero-order valence-corrected chi connectivity index (χ0v) is 10.3. The van der Waals surface area contributed by atoms with E-state index >= 15 is 0 Å². The van der Waals surface area contributed by atoms with Crippen LogP contribution in [-0.4, -0.2) is 19.0 Å². The van der Waals surface area contributed by atoms with Gasteiger partial charge in [0.1, 0.15) is 18.0 Å². The van der Waals surface area contributed by atoms with Crippen LogP contribution in [0.1, 0.15) is 31.1 Å². The second kappa shape index (κ2) is 3.59. The Morgan fingerprint density at radius 1 is 1.24 bits per heavy atom. The molecule has 0 aromatic heterocycles. The van der Waals surface area contributed by atoms with E-state index in [9.17, 15) is 0 Å². The summed E-state index contributed by atoms with van der Waals surface area (Å²) in [7, 11) is 1.67. The lowest BCUT2D eigenvalue weighted by Crippen LogP contribution is -2.20. The topological polar surface area (TPSA) is 27.7 Å². The molecule has 0 N–H and O–H groups in total. The van der Waals surface area contributed by atoms with E-state index in [4.69, 9.17) is 14.2 Å². The van der Waals surface area contributed by atoms with Gasteiger partial charge in [-0.15, -0.1) is 0 Å². The zero-order valence-electron chi connectivity index (χ0n) is 10.3. The van der Waals surface area contributed by atoms with Crippen molar-refractivity contribution < 1.29 is 14.2 Å². The van der Waals surface area contributed by atoms with Gasteiger partial charge in [-0.25, -0.2) is 0 Å². The second-order valence-corrected chi connectivity index (χ2v) is 4.87. The first-order valence-electron chi connectivity index (χ1n) is 5.81. The molecule has 1 aromatic rings. The molecule has 1 saturated heterocycles. The van der Waals surface area contributed by atoms with Crippen molar-refractivity contribution in [3.05, 3.63) is 35.4 Å². The van der Waals surface area contributed by atoms with Gasteiger partial charge in [0.25, 0.3) is 0 Å². The van der Waals surface area contributed by atoms with Crippen molar-refractivity contribution >= 4 is 6.08 Å². The summed E-state index contributed by atoms with van der Waals surface area (Å²) in [5, 5.41) is 0. The van der Waals surface area contributed by atoms with E-state index in [0.717, 1.165) is 11.3 Å². The zero-order chi connectivity index (χ0) is 12.0. The fourth-order valence-electron chi connectivity index (χ4n) is 2.45. The van der Waals surface area contributed by atoms with E-state index in [0.29, 0.717) is 0 Å². The first-order chi connectivity index (χ1) is 8.09. The van der Waals surface area contributed by atoms with E-state index in [1.165, 1.54) is 5.56 Å². The predicted octanol–water partition coefficient (Wildman–Crippen LogP) is 2.91. The maximum Gasteiger partial charge on any atom is 0.164 e. The van der Waals surface area contributed by atoms with Crippen LogP contribution in [-0.2, 0) is 9.47 Å². The molecule has 3 heteroatoms. The molecule has 2 aliphatic rings. The van der Waals surface area contributed by atoms with Gasteiger partial charge in [-0.2, -0.15) is 0 Å². The minimum absolute atomic E-state index is 0.00426. The van der Waals surface area contributed by atoms with Crippen LogP contribution in [0, 0.1) is 0 Å². The third kappa shape index (κ3) is 1.75. The standard InChI is InChI=1S/C14H16O3/c1-14(2)16-12-7-5-9-4-6-10(15-3)8-11(9)13(12)17-14/h4-8,12-13H,1-3H3/t12-,13+/m0/s1. The van der Waals surface area contributed by atoms with E-state index in [1.54, 1.807) is 7.11 Å². The van der Waals surface area contributed by atoms with Gasteiger partial charge in [0.2, 0.25) is 0 Å². The first kappa shape index (κ1) is 10.8. The van der Waals surface area contributed by atoms with E-state index < -0.39 is 5.79 Å². The number of hydrogen-bond donors (Lipinski definition) is 0. The number of ether oxygens (including phenoxy) is 3. The Morgan fingerprint density at radius 2 is 2.06 bits per heavy atom. The molecule has 2 atom stereocenters. The molecule has 90 valence electrons. The summed E-state index contributed by atoms with van der Waals surface area (Å²) in [6, 6.07) is 6.04. The van der Waals surface area contributed by atoms with Crippen LogP contribution in [0.15, 0.2) is 24.3 Å². The Morgan fingerprint density at radius 3 is 2.82 bits per heavy atom. The van der Waals surface area contributed by atoms with Crippen LogP contribution >= 0.6 is 0 Å². The molecule has 17 heavy (non-hydrogen) atoms. The van der Waals surface area contributed by atoms with Crippen LogP contribution in [0.5, 0.6) is 5.75 Å². The monoisotopic (exact) mass is 232 g/mol. The molecule has 0 bridgehead atoms. The Balaban J connectivity index is 2.04. The summed E-state index contributed by atoms with van der Waals surface area (Å²) in [5.41, 5.74) is 2.32. The van der Waals surface area contributed by atoms with Crippen LogP contribution < -0.4 is 4.74 Å². The molecule has 0 amide bonds. The highest BCUT2D eigenvalue weighted by Crippen LogP contribution is 2.43. The molecule has 1 aliphatic heterocycles. The van der Waals surface area contributed by atoms with Gasteiger partial charge < -0.3 is 14.2 Å². The van der Waals surface area contributed by atoms with Crippen molar-refractivity contribution in [1.29, 1.82) is 0 Å². The number of hydrogen-bond acceptors (Lipinski definition) is 3. The Hall–Kier alpha value is -1.32. The quantitative estimate of drug-likeness (QED) is 0.745. The summed E-state index contributed by atoms with van der Waals surface area (Å²) in [4.78, 5) is 0. The van der Waals surface area contributed by atoms with E-state index in [1.807, 2.05) is 26.0 Å². The molecule has 0 unspecified atom stereocenters. The molecule has 0 spiro atoms. The molecular weight excluding hydrogens is 216 g/mol. The number of methoxy groups -OCH3 is 1. The van der Waals surface area contributed by atoms with Crippen molar-refractivity contribution in [3.63, 3.8) is 0 Å². The molecule has 3 rings (SSSR count). The summed E-state index contributed by atoms with van der Waals surface area (Å²) < 4.78 is 17.0. The third-order valence-corrected chi connectivity index (χ3v) is 3.20. The van der Waals surface area contributed by atoms with Gasteiger partial charge in [0.05, 0.1) is 7.11 Å². The predicted molar refractivity (Wildman–Crippen MR) is 64.8 cm³/mol. The summed E-state index contributed by atoms with van der Waals surface area (Å²) in [6.07, 6.45) is 4.12. The maximum atomic E-state index is 5.95. The SMILES string of the molecule is COc1ccc2c(c1)[C@H]1OC(C)(C)O[C@H]1C=C2. The molecule has 1 fully saturated rings. The van der Waals surface area contributed by atoms with Crippen molar-refractivity contribution in [1.82, 2.24) is 0 Å². The molecule has 0 radical (unpaired) electrons. The fraction of sp³-hybridized carbons (Fsp3) is 0.429. The van der Waals surface area contributed by atoms with Gasteiger partial charge in [0.15, 0.2) is 5.79 Å². The largest absolute Gasteiger partial charge is 0.497 e. The molecule has 1 aromatic carbocycles. The first-order valence-corrected chi connectivity index (χ1v) is 5.81. The lowest BCUT2D eigenvalue weighted by molar-refractivity contribution is -0.143. The average Bonchev–Trinajstić information content (AvgIpc) is 2.63. The van der Waals surface area contributed by atoms with Crippen LogP contribution in [0.4, 0.5) is 0 Å². The Bertz CT molecular complexity index is 476. The lowest BCUT2D eigenvalue weighted by Gasteiger charge is -2.21. The molecule has 0 saturated carbocycles. The van der Waals surface area contributed by atoms with Gasteiger partial charge in [-0.05, 0) is 37.1 Å². The van der Waals surface area contributed by atoms with Gasteiger partial charge in [0, 0.05) is 0 Å². The number of benzene rings is 1. The summed E-state index contributed by atoms with van der Waals surface area (Å²) >= 11 is 0. The van der Waals surface area contributed by atoms with Crippen LogP contribution in [0.3, 0.4) is 0 Å². The van der Waals surface area contributed by atoms with Crippen molar-refractivity contribution in [2.24, 2.45) is 0 Å². The minimum atomic E-state index is -0.523. The highest BCUT2D eigenvalue weighted by molar-refractivity contribution is 5.60. The van der Waals surface area contributed by atoms with Crippen LogP contribution in [0.25, 0.3) is 6.08 Å². The van der Waals surface area contributed by atoms with Crippen molar-refractivity contribution in [2.75, 3.05) is 7.11 Å². The van der Waals surface area contributed by atoms with Crippen LogP contribution in [0.2, 0.25) is 0 Å². The molecule has 3 nitrogen and oxygen atoms in total. The van der Waals surface area contributed by atoms with Crippen molar-refractivity contribution in [3.8, 4) is 5.75 Å². The smallest absolute Gasteiger partial charge is 0.164 e. The lowest BCUT2D eigenvalue weighted by atomic mass is 9.93. The van der Waals surface area contributed by atoms with Gasteiger partial charge in [-0.1, -0.05) is 18.2 Å². The normalized spacial score (nSPS) is 28.6. The minimum Gasteiger partial charge on any atom is -0.497 e.